The lowest BCUT2D eigenvalue weighted by molar-refractivity contribution is -0.130. The predicted molar refractivity (Wildman–Crippen MR) is 94.7 cm³/mol. The van der Waals surface area contributed by atoms with Crippen LogP contribution in [0.15, 0.2) is 47.8 Å². The second-order valence-corrected chi connectivity index (χ2v) is 6.89. The van der Waals surface area contributed by atoms with Crippen LogP contribution < -0.4 is 16.2 Å². The van der Waals surface area contributed by atoms with Crippen LogP contribution in [0.3, 0.4) is 0 Å². The summed E-state index contributed by atoms with van der Waals surface area (Å²) >= 11 is 1.31. The molecular weight excluding hydrogens is 338 g/mol. The molecule has 3 N–H and O–H groups in total. The number of hydrogen-bond donors (Lipinski definition) is 3. The van der Waals surface area contributed by atoms with Crippen molar-refractivity contribution in [3.8, 4) is 0 Å². The normalized spacial score (nSPS) is 14.4. The van der Waals surface area contributed by atoms with E-state index in [0.29, 0.717) is 11.3 Å². The highest BCUT2D eigenvalue weighted by molar-refractivity contribution is 7.12. The van der Waals surface area contributed by atoms with Crippen LogP contribution >= 0.6 is 11.3 Å². The summed E-state index contributed by atoms with van der Waals surface area (Å²) in [6.45, 7) is 0. The SMILES string of the molecule is O=C(N[C@@H](Cc1ccccc1)C(=O)NNC(=O)C1CC1)c1cccs1. The standard InChI is InChI=1S/C18H19N3O3S/c22-16(13-8-9-13)20-21-17(23)14(11-12-5-2-1-3-6-12)19-18(24)15-7-4-10-25-15/h1-7,10,13-14H,8-9,11H2,(H,19,24)(H,20,22)(H,21,23)/t14-/m0/s1. The number of hydrogen-bond acceptors (Lipinski definition) is 4. The summed E-state index contributed by atoms with van der Waals surface area (Å²) in [5.41, 5.74) is 5.78. The van der Waals surface area contributed by atoms with Gasteiger partial charge in [-0.05, 0) is 29.9 Å². The summed E-state index contributed by atoms with van der Waals surface area (Å²) in [6, 6.07) is 12.1. The highest BCUT2D eigenvalue weighted by atomic mass is 32.1. The maximum atomic E-state index is 12.5. The first-order valence-corrected chi connectivity index (χ1v) is 8.99. The lowest BCUT2D eigenvalue weighted by atomic mass is 10.1. The molecule has 0 radical (unpaired) electrons. The molecule has 1 fully saturated rings. The molecule has 0 bridgehead atoms. The smallest absolute Gasteiger partial charge is 0.262 e. The lowest BCUT2D eigenvalue weighted by Crippen LogP contribution is -2.53. The molecule has 0 unspecified atom stereocenters. The minimum atomic E-state index is -0.781. The summed E-state index contributed by atoms with van der Waals surface area (Å²) in [6.07, 6.45) is 2.04. The van der Waals surface area contributed by atoms with Gasteiger partial charge in [0.05, 0.1) is 4.88 Å². The minimum Gasteiger partial charge on any atom is -0.339 e. The quantitative estimate of drug-likeness (QED) is 0.687. The number of hydrazine groups is 1. The zero-order valence-electron chi connectivity index (χ0n) is 13.5. The van der Waals surface area contributed by atoms with Crippen molar-refractivity contribution in [3.05, 3.63) is 58.3 Å². The van der Waals surface area contributed by atoms with E-state index in [-0.39, 0.29) is 17.7 Å². The highest BCUT2D eigenvalue weighted by Crippen LogP contribution is 2.28. The van der Waals surface area contributed by atoms with Gasteiger partial charge in [0, 0.05) is 12.3 Å². The number of carbonyl (C=O) groups excluding carboxylic acids is 3. The average molecular weight is 357 g/mol. The monoisotopic (exact) mass is 357 g/mol. The van der Waals surface area contributed by atoms with Gasteiger partial charge in [-0.3, -0.25) is 25.2 Å². The predicted octanol–water partition coefficient (Wildman–Crippen LogP) is 1.65. The first-order valence-electron chi connectivity index (χ1n) is 8.11. The van der Waals surface area contributed by atoms with Gasteiger partial charge in [-0.1, -0.05) is 36.4 Å². The molecule has 7 heteroatoms. The van der Waals surface area contributed by atoms with E-state index in [0.717, 1.165) is 18.4 Å². The number of benzene rings is 1. The van der Waals surface area contributed by atoms with Crippen molar-refractivity contribution in [2.45, 2.75) is 25.3 Å². The van der Waals surface area contributed by atoms with Gasteiger partial charge in [0.15, 0.2) is 0 Å². The third-order valence-corrected chi connectivity index (χ3v) is 4.78. The Morgan fingerprint density at radius 3 is 2.44 bits per heavy atom. The molecular formula is C18H19N3O3S. The molecule has 3 rings (SSSR count). The Balaban J connectivity index is 1.65. The molecule has 1 aromatic heterocycles. The fourth-order valence-corrected chi connectivity index (χ4v) is 2.98. The van der Waals surface area contributed by atoms with Crippen molar-refractivity contribution in [1.82, 2.24) is 16.2 Å². The van der Waals surface area contributed by atoms with E-state index in [1.54, 1.807) is 17.5 Å². The van der Waals surface area contributed by atoms with Crippen molar-refractivity contribution >= 4 is 29.1 Å². The molecule has 0 aliphatic heterocycles. The average Bonchev–Trinajstić information content (AvgIpc) is 3.33. The van der Waals surface area contributed by atoms with E-state index in [1.807, 2.05) is 30.3 Å². The number of thiophene rings is 1. The Labute approximate surface area is 149 Å². The molecule has 130 valence electrons. The van der Waals surface area contributed by atoms with Crippen LogP contribution in [0, 0.1) is 5.92 Å². The van der Waals surface area contributed by atoms with Crippen molar-refractivity contribution in [3.63, 3.8) is 0 Å². The molecule has 1 aliphatic carbocycles. The molecule has 1 aliphatic rings. The Bertz CT molecular complexity index is 742. The van der Waals surface area contributed by atoms with Crippen LogP contribution in [0.1, 0.15) is 28.1 Å². The minimum absolute atomic E-state index is 0.00594. The molecule has 25 heavy (non-hydrogen) atoms. The fraction of sp³-hybridized carbons (Fsp3) is 0.278. The van der Waals surface area contributed by atoms with Gasteiger partial charge in [0.2, 0.25) is 5.91 Å². The largest absolute Gasteiger partial charge is 0.339 e. The summed E-state index contributed by atoms with van der Waals surface area (Å²) in [4.78, 5) is 37.0. The summed E-state index contributed by atoms with van der Waals surface area (Å²) < 4.78 is 0. The summed E-state index contributed by atoms with van der Waals surface area (Å²) in [5.74, 6) is -0.938. The van der Waals surface area contributed by atoms with Gasteiger partial charge in [-0.15, -0.1) is 11.3 Å². The molecule has 0 spiro atoms. The lowest BCUT2D eigenvalue weighted by Gasteiger charge is -2.18. The van der Waals surface area contributed by atoms with Crippen LogP contribution in [0.2, 0.25) is 0 Å². The number of rotatable bonds is 6. The molecule has 1 atom stereocenters. The maximum Gasteiger partial charge on any atom is 0.262 e. The van der Waals surface area contributed by atoms with Crippen molar-refractivity contribution < 1.29 is 14.4 Å². The van der Waals surface area contributed by atoms with E-state index < -0.39 is 11.9 Å². The maximum absolute atomic E-state index is 12.5. The first-order chi connectivity index (χ1) is 12.1. The molecule has 2 aromatic rings. The first kappa shape index (κ1) is 17.2. The Morgan fingerprint density at radius 2 is 1.80 bits per heavy atom. The van der Waals surface area contributed by atoms with Gasteiger partial charge in [0.1, 0.15) is 6.04 Å². The van der Waals surface area contributed by atoms with E-state index in [2.05, 4.69) is 16.2 Å². The second kappa shape index (κ2) is 7.94. The third kappa shape index (κ3) is 4.90. The molecule has 0 saturated heterocycles. The third-order valence-electron chi connectivity index (χ3n) is 3.91. The summed E-state index contributed by atoms with van der Waals surface area (Å²) in [5, 5.41) is 4.55. The van der Waals surface area contributed by atoms with Gasteiger partial charge >= 0.3 is 0 Å². The fourth-order valence-electron chi connectivity index (χ4n) is 2.35. The number of nitrogens with one attached hydrogen (secondary N) is 3. The topological polar surface area (TPSA) is 87.3 Å². The van der Waals surface area contributed by atoms with Gasteiger partial charge in [-0.25, -0.2) is 0 Å². The van der Waals surface area contributed by atoms with Crippen LogP contribution in [-0.4, -0.2) is 23.8 Å². The van der Waals surface area contributed by atoms with Crippen molar-refractivity contribution in [2.75, 3.05) is 0 Å². The molecule has 3 amide bonds. The Morgan fingerprint density at radius 1 is 1.04 bits per heavy atom. The number of amides is 3. The van der Waals surface area contributed by atoms with Gasteiger partial charge in [-0.2, -0.15) is 0 Å². The van der Waals surface area contributed by atoms with Crippen molar-refractivity contribution in [1.29, 1.82) is 0 Å². The van der Waals surface area contributed by atoms with Crippen LogP contribution in [-0.2, 0) is 16.0 Å². The second-order valence-electron chi connectivity index (χ2n) is 5.95. The van der Waals surface area contributed by atoms with Crippen LogP contribution in [0.5, 0.6) is 0 Å². The Kier molecular flexibility index (Phi) is 5.45. The highest BCUT2D eigenvalue weighted by Gasteiger charge is 2.30. The van der Waals surface area contributed by atoms with E-state index in [4.69, 9.17) is 0 Å². The van der Waals surface area contributed by atoms with Crippen LogP contribution in [0.25, 0.3) is 0 Å². The van der Waals surface area contributed by atoms with E-state index in [1.165, 1.54) is 11.3 Å². The zero-order chi connectivity index (χ0) is 17.6. The van der Waals surface area contributed by atoms with Gasteiger partial charge in [0.25, 0.3) is 11.8 Å². The zero-order valence-corrected chi connectivity index (χ0v) is 14.3. The van der Waals surface area contributed by atoms with Gasteiger partial charge < -0.3 is 5.32 Å². The van der Waals surface area contributed by atoms with Crippen LogP contribution in [0.4, 0.5) is 0 Å². The Hall–Kier alpha value is -2.67. The molecule has 1 saturated carbocycles. The number of carbonyl (C=O) groups is 3. The van der Waals surface area contributed by atoms with E-state index >= 15 is 0 Å². The summed E-state index contributed by atoms with van der Waals surface area (Å²) in [7, 11) is 0. The molecule has 1 aromatic carbocycles. The molecule has 6 nitrogen and oxygen atoms in total. The van der Waals surface area contributed by atoms with Crippen molar-refractivity contribution in [2.24, 2.45) is 5.92 Å². The van der Waals surface area contributed by atoms with E-state index in [9.17, 15) is 14.4 Å². The molecule has 1 heterocycles.